The van der Waals surface area contributed by atoms with Crippen molar-refractivity contribution in [3.05, 3.63) is 28.0 Å². The lowest BCUT2D eigenvalue weighted by atomic mass is 10.2. The van der Waals surface area contributed by atoms with E-state index in [0.717, 1.165) is 4.31 Å². The van der Waals surface area contributed by atoms with Gasteiger partial charge in [0.2, 0.25) is 10.0 Å². The van der Waals surface area contributed by atoms with Crippen LogP contribution in [0.4, 0.5) is 4.39 Å². The molecular weight excluding hydrogens is 339 g/mol. The Kier molecular flexibility index (Phi) is 5.87. The van der Waals surface area contributed by atoms with Crippen LogP contribution in [0.3, 0.4) is 0 Å². The maximum Gasteiger partial charge on any atom is 0.245 e. The standard InChI is InChI=1S/C11H16BrFN2O3S/c1-15(3-4-18-2)19(16,17)10-6-9(12)5-8(7-14)11(10)13/h5-6H,3-4,7,14H2,1-2H3. The average molecular weight is 355 g/mol. The lowest BCUT2D eigenvalue weighted by Crippen LogP contribution is -2.31. The van der Waals surface area contributed by atoms with Gasteiger partial charge in [-0.15, -0.1) is 0 Å². The summed E-state index contributed by atoms with van der Waals surface area (Å²) in [6.07, 6.45) is 0. The number of hydrogen-bond acceptors (Lipinski definition) is 4. The summed E-state index contributed by atoms with van der Waals surface area (Å²) in [4.78, 5) is -0.388. The molecule has 1 rings (SSSR count). The van der Waals surface area contributed by atoms with E-state index in [1.54, 1.807) is 0 Å². The smallest absolute Gasteiger partial charge is 0.245 e. The molecule has 0 radical (unpaired) electrons. The molecule has 0 amide bonds. The minimum Gasteiger partial charge on any atom is -0.383 e. The monoisotopic (exact) mass is 354 g/mol. The first-order chi connectivity index (χ1) is 8.84. The first-order valence-corrected chi connectivity index (χ1v) is 7.71. The molecule has 0 saturated heterocycles. The van der Waals surface area contributed by atoms with Crippen LogP contribution in [0.15, 0.2) is 21.5 Å². The molecule has 1 aromatic carbocycles. The number of benzene rings is 1. The Hall–Kier alpha value is -0.540. The van der Waals surface area contributed by atoms with Gasteiger partial charge in [-0.25, -0.2) is 12.8 Å². The summed E-state index contributed by atoms with van der Waals surface area (Å²) in [7, 11) is -1.07. The van der Waals surface area contributed by atoms with Crippen LogP contribution in [0.25, 0.3) is 0 Å². The summed E-state index contributed by atoms with van der Waals surface area (Å²) in [5.74, 6) is -0.810. The highest BCUT2D eigenvalue weighted by Gasteiger charge is 2.26. The molecule has 0 fully saturated rings. The SMILES string of the molecule is COCCN(C)S(=O)(=O)c1cc(Br)cc(CN)c1F. The van der Waals surface area contributed by atoms with Gasteiger partial charge >= 0.3 is 0 Å². The van der Waals surface area contributed by atoms with Crippen LogP contribution in [0.5, 0.6) is 0 Å². The van der Waals surface area contributed by atoms with Crippen molar-refractivity contribution >= 4 is 26.0 Å². The number of ether oxygens (including phenoxy) is 1. The molecule has 0 aliphatic heterocycles. The molecule has 108 valence electrons. The molecule has 5 nitrogen and oxygen atoms in total. The summed E-state index contributed by atoms with van der Waals surface area (Å²) in [6.45, 7) is 0.299. The molecule has 2 N–H and O–H groups in total. The largest absolute Gasteiger partial charge is 0.383 e. The third-order valence-electron chi connectivity index (χ3n) is 2.60. The second-order valence-electron chi connectivity index (χ2n) is 3.90. The zero-order valence-corrected chi connectivity index (χ0v) is 13.1. The van der Waals surface area contributed by atoms with Crippen molar-refractivity contribution in [2.45, 2.75) is 11.4 Å². The predicted octanol–water partition coefficient (Wildman–Crippen LogP) is 1.31. The first-order valence-electron chi connectivity index (χ1n) is 5.47. The number of sulfonamides is 1. The van der Waals surface area contributed by atoms with E-state index in [1.807, 2.05) is 0 Å². The Labute approximate surface area is 120 Å². The minimum absolute atomic E-state index is 0.0738. The van der Waals surface area contributed by atoms with Gasteiger partial charge in [0.15, 0.2) is 0 Å². The quantitative estimate of drug-likeness (QED) is 0.835. The molecule has 0 aliphatic rings. The second-order valence-corrected chi connectivity index (χ2v) is 6.83. The van der Waals surface area contributed by atoms with Gasteiger partial charge in [0.05, 0.1) is 6.61 Å². The average Bonchev–Trinajstić information content (AvgIpc) is 2.37. The second kappa shape index (κ2) is 6.76. The molecule has 0 atom stereocenters. The maximum atomic E-state index is 14.1. The number of hydrogen-bond donors (Lipinski definition) is 1. The van der Waals surface area contributed by atoms with Gasteiger partial charge in [-0.2, -0.15) is 4.31 Å². The highest BCUT2D eigenvalue weighted by Crippen LogP contribution is 2.25. The van der Waals surface area contributed by atoms with Gasteiger partial charge in [-0.05, 0) is 12.1 Å². The molecule has 8 heteroatoms. The van der Waals surface area contributed by atoms with Crippen molar-refractivity contribution in [3.8, 4) is 0 Å². The van der Waals surface area contributed by atoms with Crippen LogP contribution in [0.2, 0.25) is 0 Å². The lowest BCUT2D eigenvalue weighted by molar-refractivity contribution is 0.185. The zero-order valence-electron chi connectivity index (χ0n) is 10.7. The van der Waals surface area contributed by atoms with Crippen LogP contribution >= 0.6 is 15.9 Å². The number of nitrogens with two attached hydrogens (primary N) is 1. The highest BCUT2D eigenvalue weighted by atomic mass is 79.9. The number of nitrogens with zero attached hydrogens (tertiary/aromatic N) is 1. The molecule has 0 saturated carbocycles. The van der Waals surface area contributed by atoms with E-state index in [-0.39, 0.29) is 30.2 Å². The van der Waals surface area contributed by atoms with Crippen molar-refractivity contribution in [1.82, 2.24) is 4.31 Å². The number of halogens is 2. The van der Waals surface area contributed by atoms with E-state index in [2.05, 4.69) is 15.9 Å². The maximum absolute atomic E-state index is 14.1. The van der Waals surface area contributed by atoms with Crippen molar-refractivity contribution in [1.29, 1.82) is 0 Å². The Morgan fingerprint density at radius 3 is 2.63 bits per heavy atom. The van der Waals surface area contributed by atoms with Crippen molar-refractivity contribution in [2.75, 3.05) is 27.3 Å². The van der Waals surface area contributed by atoms with Gasteiger partial charge < -0.3 is 10.5 Å². The minimum atomic E-state index is -3.90. The summed E-state index contributed by atoms with van der Waals surface area (Å²) in [6, 6.07) is 2.69. The topological polar surface area (TPSA) is 72.6 Å². The van der Waals surface area contributed by atoms with Crippen molar-refractivity contribution in [3.63, 3.8) is 0 Å². The predicted molar refractivity (Wildman–Crippen MR) is 73.7 cm³/mol. The Balaban J connectivity index is 3.25. The van der Waals surface area contributed by atoms with Crippen LogP contribution in [-0.4, -0.2) is 40.0 Å². The van der Waals surface area contributed by atoms with Gasteiger partial charge in [0.25, 0.3) is 0 Å². The fourth-order valence-corrected chi connectivity index (χ4v) is 3.40. The summed E-state index contributed by atoms with van der Waals surface area (Å²) >= 11 is 3.15. The third-order valence-corrected chi connectivity index (χ3v) is 4.91. The van der Waals surface area contributed by atoms with Crippen LogP contribution in [0.1, 0.15) is 5.56 Å². The molecule has 1 aromatic rings. The van der Waals surface area contributed by atoms with E-state index in [1.165, 1.54) is 26.3 Å². The molecular formula is C11H16BrFN2O3S. The van der Waals surface area contributed by atoms with E-state index < -0.39 is 15.8 Å². The molecule has 19 heavy (non-hydrogen) atoms. The third kappa shape index (κ3) is 3.73. The van der Waals surface area contributed by atoms with E-state index in [4.69, 9.17) is 10.5 Å². The fourth-order valence-electron chi connectivity index (χ4n) is 1.46. The lowest BCUT2D eigenvalue weighted by Gasteiger charge is -2.18. The Bertz CT molecular complexity index is 551. The summed E-state index contributed by atoms with van der Waals surface area (Å²) < 4.78 is 44.9. The fraction of sp³-hybridized carbons (Fsp3) is 0.455. The molecule has 0 aliphatic carbocycles. The van der Waals surface area contributed by atoms with Gasteiger partial charge in [0, 0.05) is 37.3 Å². The first kappa shape index (κ1) is 16.5. The van der Waals surface area contributed by atoms with E-state index in [0.29, 0.717) is 4.47 Å². The van der Waals surface area contributed by atoms with Crippen LogP contribution in [0, 0.1) is 5.82 Å². The van der Waals surface area contributed by atoms with Gasteiger partial charge in [-0.1, -0.05) is 15.9 Å². The normalized spacial score (nSPS) is 12.1. The molecule has 0 aromatic heterocycles. The van der Waals surface area contributed by atoms with Crippen molar-refractivity contribution in [2.24, 2.45) is 5.73 Å². The summed E-state index contributed by atoms with van der Waals surface area (Å²) in [5.41, 5.74) is 5.55. The number of methoxy groups -OCH3 is 1. The summed E-state index contributed by atoms with van der Waals surface area (Å²) in [5, 5.41) is 0. The van der Waals surface area contributed by atoms with Crippen molar-refractivity contribution < 1.29 is 17.5 Å². The van der Waals surface area contributed by atoms with E-state index >= 15 is 0 Å². The molecule has 0 unspecified atom stereocenters. The van der Waals surface area contributed by atoms with E-state index in [9.17, 15) is 12.8 Å². The Morgan fingerprint density at radius 1 is 1.47 bits per heavy atom. The number of likely N-dealkylation sites (N-methyl/N-ethyl adjacent to an activating group) is 1. The zero-order chi connectivity index (χ0) is 14.6. The van der Waals surface area contributed by atoms with Crippen LogP contribution in [-0.2, 0) is 21.3 Å². The van der Waals surface area contributed by atoms with Gasteiger partial charge in [0.1, 0.15) is 10.7 Å². The highest BCUT2D eigenvalue weighted by molar-refractivity contribution is 9.10. The molecule has 0 spiro atoms. The van der Waals surface area contributed by atoms with Gasteiger partial charge in [-0.3, -0.25) is 0 Å². The number of rotatable bonds is 6. The molecule has 0 bridgehead atoms. The Morgan fingerprint density at radius 2 is 2.11 bits per heavy atom. The van der Waals surface area contributed by atoms with Crippen LogP contribution < -0.4 is 5.73 Å². The molecule has 0 heterocycles.